The standard InChI is InChI=1S/C15H19N3OS/c16-18-14(15-10-20-8-7-19-15)9-11-5-6-17-13-4-2-1-3-12(11)13/h1-6,14-15,18H,7-10,16H2. The van der Waals surface area contributed by atoms with Crippen LogP contribution in [0.3, 0.4) is 0 Å². The van der Waals surface area contributed by atoms with E-state index >= 15 is 0 Å². The van der Waals surface area contributed by atoms with Gasteiger partial charge in [-0.15, -0.1) is 0 Å². The smallest absolute Gasteiger partial charge is 0.0835 e. The van der Waals surface area contributed by atoms with E-state index in [1.54, 1.807) is 0 Å². The zero-order valence-corrected chi connectivity index (χ0v) is 12.1. The van der Waals surface area contributed by atoms with Gasteiger partial charge in [-0.1, -0.05) is 18.2 Å². The Morgan fingerprint density at radius 2 is 2.30 bits per heavy atom. The molecule has 20 heavy (non-hydrogen) atoms. The summed E-state index contributed by atoms with van der Waals surface area (Å²) < 4.78 is 5.84. The molecule has 2 atom stereocenters. The van der Waals surface area contributed by atoms with Gasteiger partial charge in [0.2, 0.25) is 0 Å². The zero-order valence-electron chi connectivity index (χ0n) is 11.3. The number of hydrazine groups is 1. The minimum absolute atomic E-state index is 0.133. The molecule has 5 heteroatoms. The summed E-state index contributed by atoms with van der Waals surface area (Å²) >= 11 is 1.93. The molecule has 0 saturated carbocycles. The Morgan fingerprint density at radius 1 is 1.40 bits per heavy atom. The molecular weight excluding hydrogens is 270 g/mol. The third-order valence-corrected chi connectivity index (χ3v) is 4.70. The van der Waals surface area contributed by atoms with Crippen molar-refractivity contribution in [2.45, 2.75) is 18.6 Å². The van der Waals surface area contributed by atoms with E-state index in [1.807, 2.05) is 36.2 Å². The predicted octanol–water partition coefficient (Wildman–Crippen LogP) is 1.74. The summed E-state index contributed by atoms with van der Waals surface area (Å²) in [4.78, 5) is 4.40. The minimum atomic E-state index is 0.133. The van der Waals surface area contributed by atoms with E-state index in [2.05, 4.69) is 22.5 Å². The number of para-hydroxylation sites is 1. The van der Waals surface area contributed by atoms with Gasteiger partial charge in [0.15, 0.2) is 0 Å². The molecule has 0 radical (unpaired) electrons. The van der Waals surface area contributed by atoms with Crippen LogP contribution in [0.2, 0.25) is 0 Å². The summed E-state index contributed by atoms with van der Waals surface area (Å²) in [7, 11) is 0. The first kappa shape index (κ1) is 13.8. The first-order valence-corrected chi connectivity index (χ1v) is 8.02. The largest absolute Gasteiger partial charge is 0.375 e. The van der Waals surface area contributed by atoms with Crippen LogP contribution in [0.4, 0.5) is 0 Å². The summed E-state index contributed by atoms with van der Waals surface area (Å²) in [5, 5.41) is 1.19. The van der Waals surface area contributed by atoms with Crippen molar-refractivity contribution < 1.29 is 4.74 Å². The van der Waals surface area contributed by atoms with Gasteiger partial charge in [-0.2, -0.15) is 11.8 Å². The summed E-state index contributed by atoms with van der Waals surface area (Å²) in [6.07, 6.45) is 2.89. The van der Waals surface area contributed by atoms with Gasteiger partial charge < -0.3 is 4.74 Å². The Balaban J connectivity index is 1.83. The van der Waals surface area contributed by atoms with Crippen LogP contribution in [0, 0.1) is 0 Å². The zero-order chi connectivity index (χ0) is 13.8. The molecule has 4 nitrogen and oxygen atoms in total. The van der Waals surface area contributed by atoms with Crippen LogP contribution in [-0.2, 0) is 11.2 Å². The Morgan fingerprint density at radius 3 is 3.10 bits per heavy atom. The molecule has 2 aromatic rings. The number of rotatable bonds is 4. The lowest BCUT2D eigenvalue weighted by atomic mass is 9.99. The molecule has 1 aliphatic rings. The van der Waals surface area contributed by atoms with Gasteiger partial charge in [-0.05, 0) is 24.1 Å². The molecule has 3 rings (SSSR count). The Labute approximate surface area is 123 Å². The van der Waals surface area contributed by atoms with Crippen LogP contribution in [0.1, 0.15) is 5.56 Å². The minimum Gasteiger partial charge on any atom is -0.375 e. The number of nitrogens with zero attached hydrogens (tertiary/aromatic N) is 1. The number of ether oxygens (including phenoxy) is 1. The van der Waals surface area contributed by atoms with E-state index in [0.717, 1.165) is 30.1 Å². The number of thioether (sulfide) groups is 1. The first-order valence-electron chi connectivity index (χ1n) is 6.86. The lowest BCUT2D eigenvalue weighted by molar-refractivity contribution is 0.0473. The molecular formula is C15H19N3OS. The number of nitrogens with two attached hydrogens (primary N) is 1. The normalized spacial score (nSPS) is 20.9. The second-order valence-corrected chi connectivity index (χ2v) is 6.10. The van der Waals surface area contributed by atoms with Gasteiger partial charge in [0, 0.05) is 23.1 Å². The van der Waals surface area contributed by atoms with E-state index in [9.17, 15) is 0 Å². The molecule has 0 bridgehead atoms. The van der Waals surface area contributed by atoms with Crippen LogP contribution in [0.5, 0.6) is 0 Å². The fraction of sp³-hybridized carbons (Fsp3) is 0.400. The maximum absolute atomic E-state index is 5.84. The highest BCUT2D eigenvalue weighted by Crippen LogP contribution is 2.21. The van der Waals surface area contributed by atoms with Gasteiger partial charge in [-0.3, -0.25) is 16.3 Å². The highest BCUT2D eigenvalue weighted by atomic mass is 32.2. The number of fused-ring (bicyclic) bond motifs is 1. The van der Waals surface area contributed by atoms with Crippen molar-refractivity contribution in [3.05, 3.63) is 42.1 Å². The third kappa shape index (κ3) is 2.96. The number of aromatic nitrogens is 1. The lowest BCUT2D eigenvalue weighted by Gasteiger charge is -2.30. The Kier molecular flexibility index (Phi) is 4.52. The molecule has 106 valence electrons. The maximum Gasteiger partial charge on any atom is 0.0835 e. The average molecular weight is 289 g/mol. The van der Waals surface area contributed by atoms with Crippen LogP contribution in [-0.4, -0.2) is 35.2 Å². The van der Waals surface area contributed by atoms with Crippen molar-refractivity contribution in [2.24, 2.45) is 5.84 Å². The SMILES string of the molecule is NNC(Cc1ccnc2ccccc12)C1CSCCO1. The number of hydrogen-bond donors (Lipinski definition) is 2. The van der Waals surface area contributed by atoms with E-state index in [1.165, 1.54) is 10.9 Å². The van der Waals surface area contributed by atoms with Crippen LogP contribution in [0.25, 0.3) is 10.9 Å². The highest BCUT2D eigenvalue weighted by Gasteiger charge is 2.24. The number of hydrogen-bond acceptors (Lipinski definition) is 5. The predicted molar refractivity (Wildman–Crippen MR) is 83.6 cm³/mol. The van der Waals surface area contributed by atoms with Crippen molar-refractivity contribution in [1.82, 2.24) is 10.4 Å². The third-order valence-electron chi connectivity index (χ3n) is 3.68. The van der Waals surface area contributed by atoms with Crippen molar-refractivity contribution >= 4 is 22.7 Å². The molecule has 1 aromatic carbocycles. The summed E-state index contributed by atoms with van der Waals surface area (Å²) in [5.41, 5.74) is 5.22. The van der Waals surface area contributed by atoms with Crippen LogP contribution in [0.15, 0.2) is 36.5 Å². The van der Waals surface area contributed by atoms with Gasteiger partial charge in [-0.25, -0.2) is 0 Å². The summed E-state index contributed by atoms with van der Waals surface area (Å²) in [6, 6.07) is 10.4. The van der Waals surface area contributed by atoms with E-state index in [4.69, 9.17) is 10.6 Å². The quantitative estimate of drug-likeness (QED) is 0.663. The molecule has 3 N–H and O–H groups in total. The molecule has 0 aliphatic carbocycles. The monoisotopic (exact) mass is 289 g/mol. The fourth-order valence-corrected chi connectivity index (χ4v) is 3.55. The second-order valence-electron chi connectivity index (χ2n) is 4.95. The Bertz CT molecular complexity index is 567. The van der Waals surface area contributed by atoms with Crippen molar-refractivity contribution in [2.75, 3.05) is 18.1 Å². The summed E-state index contributed by atoms with van der Waals surface area (Å²) in [6.45, 7) is 0.810. The second kappa shape index (κ2) is 6.54. The number of pyridine rings is 1. The van der Waals surface area contributed by atoms with Crippen molar-refractivity contribution in [3.63, 3.8) is 0 Å². The van der Waals surface area contributed by atoms with Crippen LogP contribution >= 0.6 is 11.8 Å². The maximum atomic E-state index is 5.84. The lowest BCUT2D eigenvalue weighted by Crippen LogP contribution is -2.49. The van der Waals surface area contributed by atoms with E-state index in [0.29, 0.717) is 0 Å². The van der Waals surface area contributed by atoms with Gasteiger partial charge >= 0.3 is 0 Å². The van der Waals surface area contributed by atoms with Gasteiger partial charge in [0.05, 0.1) is 24.3 Å². The van der Waals surface area contributed by atoms with E-state index in [-0.39, 0.29) is 12.1 Å². The molecule has 0 amide bonds. The van der Waals surface area contributed by atoms with Gasteiger partial charge in [0.25, 0.3) is 0 Å². The number of nitrogens with one attached hydrogen (secondary N) is 1. The topological polar surface area (TPSA) is 60.2 Å². The van der Waals surface area contributed by atoms with Crippen molar-refractivity contribution in [1.29, 1.82) is 0 Å². The van der Waals surface area contributed by atoms with Gasteiger partial charge in [0.1, 0.15) is 0 Å². The molecule has 1 aromatic heterocycles. The molecule has 0 spiro atoms. The van der Waals surface area contributed by atoms with Crippen molar-refractivity contribution in [3.8, 4) is 0 Å². The fourth-order valence-electron chi connectivity index (χ4n) is 2.61. The average Bonchev–Trinajstić information content (AvgIpc) is 2.53. The molecule has 2 unspecified atom stereocenters. The first-order chi connectivity index (χ1) is 9.88. The Hall–Kier alpha value is -1.14. The molecule has 1 fully saturated rings. The molecule has 1 aliphatic heterocycles. The van der Waals surface area contributed by atoms with Crippen LogP contribution < -0.4 is 11.3 Å². The van der Waals surface area contributed by atoms with E-state index < -0.39 is 0 Å². The number of benzene rings is 1. The molecule has 2 heterocycles. The molecule has 1 saturated heterocycles. The summed E-state index contributed by atoms with van der Waals surface area (Å²) in [5.74, 6) is 7.81. The highest BCUT2D eigenvalue weighted by molar-refractivity contribution is 7.99.